The van der Waals surface area contributed by atoms with Crippen LogP contribution in [-0.2, 0) is 6.54 Å². The van der Waals surface area contributed by atoms with Gasteiger partial charge in [0.05, 0.1) is 11.9 Å². The van der Waals surface area contributed by atoms with Crippen molar-refractivity contribution in [2.75, 3.05) is 25.0 Å². The normalized spacial score (nSPS) is 22.9. The maximum Gasteiger partial charge on any atom is 0.322 e. The first-order chi connectivity index (χ1) is 12.7. The van der Waals surface area contributed by atoms with Gasteiger partial charge in [-0.3, -0.25) is 9.88 Å². The highest BCUT2D eigenvalue weighted by molar-refractivity contribution is 5.89. The summed E-state index contributed by atoms with van der Waals surface area (Å²) in [6.07, 6.45) is 4.03. The molecule has 3 saturated heterocycles. The maximum absolute atomic E-state index is 12.8. The molecule has 136 valence electrons. The molecule has 0 aliphatic carbocycles. The molecule has 2 amide bonds. The van der Waals surface area contributed by atoms with E-state index in [1.54, 1.807) is 6.20 Å². The van der Waals surface area contributed by atoms with Crippen molar-refractivity contribution < 1.29 is 4.79 Å². The number of rotatable bonds is 3. The van der Waals surface area contributed by atoms with Gasteiger partial charge in [0.2, 0.25) is 0 Å². The standard InChI is InChI=1S/C21H26N4O/c1-16-7-9-19(11-22-16)23-21(26)25-14-18-8-10-20(25)15-24(13-18)12-17-5-3-2-4-6-17/h2-7,9,11,18,20H,8,10,12-15H2,1H3,(H,23,26)/t18-,20+/m1/s1. The van der Waals surface area contributed by atoms with E-state index in [-0.39, 0.29) is 12.1 Å². The van der Waals surface area contributed by atoms with Crippen molar-refractivity contribution in [3.63, 3.8) is 0 Å². The van der Waals surface area contributed by atoms with Crippen molar-refractivity contribution in [3.05, 3.63) is 59.9 Å². The molecule has 0 saturated carbocycles. The van der Waals surface area contributed by atoms with Crippen LogP contribution in [0.25, 0.3) is 0 Å². The molecule has 0 spiro atoms. The molecule has 3 aliphatic rings. The molecule has 1 aromatic heterocycles. The van der Waals surface area contributed by atoms with Crippen LogP contribution >= 0.6 is 0 Å². The number of aryl methyl sites for hydroxylation is 1. The molecule has 26 heavy (non-hydrogen) atoms. The van der Waals surface area contributed by atoms with Gasteiger partial charge in [0.15, 0.2) is 0 Å². The van der Waals surface area contributed by atoms with Crippen LogP contribution in [0.3, 0.4) is 0 Å². The number of amides is 2. The second kappa shape index (κ2) is 7.46. The summed E-state index contributed by atoms with van der Waals surface area (Å²) in [5.41, 5.74) is 3.06. The van der Waals surface area contributed by atoms with Gasteiger partial charge in [-0.05, 0) is 43.4 Å². The summed E-state index contributed by atoms with van der Waals surface area (Å²) in [5.74, 6) is 0.555. The van der Waals surface area contributed by atoms with Gasteiger partial charge in [0, 0.05) is 37.9 Å². The predicted octanol–water partition coefficient (Wildman–Crippen LogP) is 3.52. The number of nitrogens with one attached hydrogen (secondary N) is 1. The molecule has 5 heteroatoms. The van der Waals surface area contributed by atoms with Crippen molar-refractivity contribution in [1.82, 2.24) is 14.8 Å². The molecule has 1 aromatic carbocycles. The minimum absolute atomic E-state index is 0.00640. The van der Waals surface area contributed by atoms with Crippen LogP contribution < -0.4 is 5.32 Å². The molecule has 2 atom stereocenters. The quantitative estimate of drug-likeness (QED) is 0.921. The number of pyridine rings is 1. The van der Waals surface area contributed by atoms with Crippen molar-refractivity contribution in [3.8, 4) is 0 Å². The number of hydrogen-bond donors (Lipinski definition) is 1. The molecule has 1 N–H and O–H groups in total. The number of benzene rings is 1. The van der Waals surface area contributed by atoms with E-state index in [0.29, 0.717) is 5.92 Å². The van der Waals surface area contributed by atoms with Gasteiger partial charge in [-0.25, -0.2) is 4.79 Å². The fourth-order valence-corrected chi connectivity index (χ4v) is 4.14. The van der Waals surface area contributed by atoms with Crippen LogP contribution in [0.4, 0.5) is 10.5 Å². The Bertz CT molecular complexity index is 746. The smallest absolute Gasteiger partial charge is 0.320 e. The average molecular weight is 350 g/mol. The van der Waals surface area contributed by atoms with Crippen molar-refractivity contribution in [1.29, 1.82) is 0 Å². The fourth-order valence-electron chi connectivity index (χ4n) is 4.14. The Labute approximate surface area is 155 Å². The third kappa shape index (κ3) is 3.88. The molecule has 2 aromatic rings. The summed E-state index contributed by atoms with van der Waals surface area (Å²) < 4.78 is 0. The van der Waals surface area contributed by atoms with Gasteiger partial charge < -0.3 is 10.2 Å². The number of carbonyl (C=O) groups excluding carboxylic acids is 1. The molecule has 3 aliphatic heterocycles. The number of nitrogens with zero attached hydrogens (tertiary/aromatic N) is 3. The van der Waals surface area contributed by atoms with Crippen LogP contribution in [0, 0.1) is 12.8 Å². The molecule has 0 unspecified atom stereocenters. The molecule has 4 heterocycles. The second-order valence-electron chi connectivity index (χ2n) is 7.55. The highest BCUT2D eigenvalue weighted by Crippen LogP contribution is 2.29. The molecular weight excluding hydrogens is 324 g/mol. The summed E-state index contributed by atoms with van der Waals surface area (Å²) in [5, 5.41) is 3.02. The van der Waals surface area contributed by atoms with E-state index >= 15 is 0 Å². The lowest BCUT2D eigenvalue weighted by atomic mass is 9.95. The van der Waals surface area contributed by atoms with E-state index < -0.39 is 0 Å². The van der Waals surface area contributed by atoms with Gasteiger partial charge in [-0.15, -0.1) is 0 Å². The van der Waals surface area contributed by atoms with Crippen LogP contribution in [0.1, 0.15) is 24.1 Å². The van der Waals surface area contributed by atoms with Crippen molar-refractivity contribution >= 4 is 11.7 Å². The maximum atomic E-state index is 12.8. The first-order valence-electron chi connectivity index (χ1n) is 9.44. The number of fused-ring (bicyclic) bond motifs is 4. The summed E-state index contributed by atoms with van der Waals surface area (Å²) in [4.78, 5) is 21.6. The predicted molar refractivity (Wildman–Crippen MR) is 103 cm³/mol. The first kappa shape index (κ1) is 17.0. The zero-order valence-corrected chi connectivity index (χ0v) is 15.3. The summed E-state index contributed by atoms with van der Waals surface area (Å²) in [6, 6.07) is 14.7. The molecule has 0 radical (unpaired) electrons. The largest absolute Gasteiger partial charge is 0.322 e. The summed E-state index contributed by atoms with van der Waals surface area (Å²) in [7, 11) is 0. The molecule has 5 rings (SSSR count). The van der Waals surface area contributed by atoms with Crippen LogP contribution in [0.5, 0.6) is 0 Å². The number of hydrogen-bond acceptors (Lipinski definition) is 3. The van der Waals surface area contributed by atoms with Gasteiger partial charge >= 0.3 is 6.03 Å². The molecular formula is C21H26N4O. The number of anilines is 1. The van der Waals surface area contributed by atoms with E-state index in [9.17, 15) is 4.79 Å². The zero-order valence-electron chi connectivity index (χ0n) is 15.3. The SMILES string of the molecule is Cc1ccc(NC(=O)N2C[C@@H]3CC[C@H]2CN(Cc2ccccc2)C3)cn1. The Hall–Kier alpha value is -2.40. The minimum Gasteiger partial charge on any atom is -0.320 e. The Kier molecular flexibility index (Phi) is 4.89. The lowest BCUT2D eigenvalue weighted by Gasteiger charge is -2.36. The highest BCUT2D eigenvalue weighted by Gasteiger charge is 2.37. The lowest BCUT2D eigenvalue weighted by Crippen LogP contribution is -2.49. The van der Waals surface area contributed by atoms with E-state index in [0.717, 1.165) is 44.0 Å². The van der Waals surface area contributed by atoms with E-state index in [1.165, 1.54) is 12.0 Å². The van der Waals surface area contributed by atoms with E-state index in [4.69, 9.17) is 0 Å². The van der Waals surface area contributed by atoms with Crippen molar-refractivity contribution in [2.45, 2.75) is 32.4 Å². The minimum atomic E-state index is 0.00640. The highest BCUT2D eigenvalue weighted by atomic mass is 16.2. The topological polar surface area (TPSA) is 48.5 Å². The number of piperidine rings is 1. The molecule has 3 fully saturated rings. The Morgan fingerprint density at radius 1 is 1.12 bits per heavy atom. The zero-order chi connectivity index (χ0) is 17.9. The number of carbonyl (C=O) groups is 1. The molecule has 5 nitrogen and oxygen atoms in total. The van der Waals surface area contributed by atoms with Gasteiger partial charge in [0.1, 0.15) is 0 Å². The van der Waals surface area contributed by atoms with E-state index in [2.05, 4.69) is 45.5 Å². The van der Waals surface area contributed by atoms with Gasteiger partial charge in [0.25, 0.3) is 0 Å². The Morgan fingerprint density at radius 3 is 2.73 bits per heavy atom. The number of aromatic nitrogens is 1. The Morgan fingerprint density at radius 2 is 1.96 bits per heavy atom. The van der Waals surface area contributed by atoms with Crippen molar-refractivity contribution in [2.24, 2.45) is 5.92 Å². The second-order valence-corrected chi connectivity index (χ2v) is 7.55. The van der Waals surface area contributed by atoms with Crippen LogP contribution in [-0.4, -0.2) is 46.5 Å². The van der Waals surface area contributed by atoms with Gasteiger partial charge in [-0.2, -0.15) is 0 Å². The van der Waals surface area contributed by atoms with Crippen LogP contribution in [0.15, 0.2) is 48.7 Å². The fraction of sp³-hybridized carbons (Fsp3) is 0.429. The molecule has 2 bridgehead atoms. The summed E-state index contributed by atoms with van der Waals surface area (Å²) >= 11 is 0. The van der Waals surface area contributed by atoms with Gasteiger partial charge in [-0.1, -0.05) is 30.3 Å². The lowest BCUT2D eigenvalue weighted by molar-refractivity contribution is 0.151. The monoisotopic (exact) mass is 350 g/mol. The third-order valence-corrected chi connectivity index (χ3v) is 5.46. The summed E-state index contributed by atoms with van der Waals surface area (Å²) in [6.45, 7) is 5.78. The average Bonchev–Trinajstić information content (AvgIpc) is 2.95. The van der Waals surface area contributed by atoms with Crippen LogP contribution in [0.2, 0.25) is 0 Å². The number of urea groups is 1. The van der Waals surface area contributed by atoms with E-state index in [1.807, 2.05) is 24.0 Å². The third-order valence-electron chi connectivity index (χ3n) is 5.46. The first-order valence-corrected chi connectivity index (χ1v) is 9.44. The Balaban J connectivity index is 1.42.